The third-order valence-corrected chi connectivity index (χ3v) is 3.62. The summed E-state index contributed by atoms with van der Waals surface area (Å²) in [7, 11) is 1.63. The van der Waals surface area contributed by atoms with Gasteiger partial charge in [-0.25, -0.2) is 4.39 Å². The lowest BCUT2D eigenvalue weighted by atomic mass is 10.0. The van der Waals surface area contributed by atoms with Crippen molar-refractivity contribution in [3.63, 3.8) is 0 Å². The summed E-state index contributed by atoms with van der Waals surface area (Å²) in [5.41, 5.74) is 2.59. The Morgan fingerprint density at radius 1 is 1.26 bits per heavy atom. The Morgan fingerprint density at radius 3 is 2.68 bits per heavy atom. The van der Waals surface area contributed by atoms with Gasteiger partial charge in [0, 0.05) is 5.02 Å². The van der Waals surface area contributed by atoms with Crippen LogP contribution in [0.1, 0.15) is 17.2 Å². The number of methoxy groups -OCH3 is 1. The van der Waals surface area contributed by atoms with Crippen molar-refractivity contribution in [2.75, 3.05) is 12.4 Å². The lowest BCUT2D eigenvalue weighted by molar-refractivity contribution is 0.414. The summed E-state index contributed by atoms with van der Waals surface area (Å²) < 4.78 is 18.9. The molecule has 1 heterocycles. The van der Waals surface area contributed by atoms with Crippen LogP contribution in [0.4, 0.5) is 10.1 Å². The Hall–Kier alpha value is -1.74. The number of nitrogens with one attached hydrogen (secondary N) is 1. The molecule has 1 atom stereocenters. The lowest BCUT2D eigenvalue weighted by Gasteiger charge is -2.12. The second kappa shape index (κ2) is 4.74. The van der Waals surface area contributed by atoms with E-state index in [4.69, 9.17) is 16.3 Å². The highest BCUT2D eigenvalue weighted by molar-refractivity contribution is 6.30. The van der Waals surface area contributed by atoms with Crippen LogP contribution in [-0.4, -0.2) is 7.11 Å². The lowest BCUT2D eigenvalue weighted by Crippen LogP contribution is -2.05. The largest absolute Gasteiger partial charge is 0.497 e. The van der Waals surface area contributed by atoms with Crippen LogP contribution in [0.25, 0.3) is 0 Å². The molecule has 4 heteroatoms. The molecule has 0 fully saturated rings. The first-order chi connectivity index (χ1) is 9.17. The summed E-state index contributed by atoms with van der Waals surface area (Å²) in [4.78, 5) is 0. The molecule has 0 aliphatic carbocycles. The third kappa shape index (κ3) is 2.26. The van der Waals surface area contributed by atoms with Gasteiger partial charge in [-0.2, -0.15) is 0 Å². The maximum atomic E-state index is 13.8. The molecular formula is C15H13ClFNO. The molecule has 0 saturated carbocycles. The number of ether oxygens (including phenoxy) is 1. The number of fused-ring (bicyclic) bond motifs is 1. The van der Waals surface area contributed by atoms with Gasteiger partial charge in [0.25, 0.3) is 0 Å². The summed E-state index contributed by atoms with van der Waals surface area (Å²) in [6.45, 7) is 0. The number of rotatable bonds is 2. The Morgan fingerprint density at radius 2 is 2.00 bits per heavy atom. The highest BCUT2D eigenvalue weighted by Crippen LogP contribution is 2.37. The van der Waals surface area contributed by atoms with Crippen molar-refractivity contribution in [1.82, 2.24) is 0 Å². The zero-order valence-corrected chi connectivity index (χ0v) is 11.2. The van der Waals surface area contributed by atoms with Gasteiger partial charge in [0.15, 0.2) is 0 Å². The number of anilines is 1. The van der Waals surface area contributed by atoms with Gasteiger partial charge in [-0.15, -0.1) is 0 Å². The summed E-state index contributed by atoms with van der Waals surface area (Å²) in [5, 5.41) is 3.65. The molecular weight excluding hydrogens is 265 g/mol. The maximum Gasteiger partial charge on any atom is 0.148 e. The predicted octanol–water partition coefficient (Wildman–Crippen LogP) is 4.20. The molecule has 19 heavy (non-hydrogen) atoms. The molecule has 0 spiro atoms. The van der Waals surface area contributed by atoms with Crippen LogP contribution in [0.5, 0.6) is 5.75 Å². The molecule has 98 valence electrons. The first kappa shape index (κ1) is 12.3. The molecule has 1 aliphatic rings. The Bertz CT molecular complexity index is 612. The van der Waals surface area contributed by atoms with E-state index in [9.17, 15) is 4.39 Å². The van der Waals surface area contributed by atoms with Crippen molar-refractivity contribution in [2.24, 2.45) is 0 Å². The molecule has 3 rings (SSSR count). The number of hydrogen-bond donors (Lipinski definition) is 1. The fourth-order valence-corrected chi connectivity index (χ4v) is 2.66. The average molecular weight is 278 g/mol. The predicted molar refractivity (Wildman–Crippen MR) is 74.5 cm³/mol. The van der Waals surface area contributed by atoms with Crippen LogP contribution in [0, 0.1) is 5.82 Å². The number of halogens is 2. The Balaban J connectivity index is 1.88. The van der Waals surface area contributed by atoms with E-state index < -0.39 is 0 Å². The normalized spacial score (nSPS) is 16.9. The minimum absolute atomic E-state index is 0.0777. The molecule has 1 unspecified atom stereocenters. The molecule has 0 aromatic heterocycles. The maximum absolute atomic E-state index is 13.8. The van der Waals surface area contributed by atoms with E-state index in [0.29, 0.717) is 10.7 Å². The first-order valence-corrected chi connectivity index (χ1v) is 6.43. The minimum Gasteiger partial charge on any atom is -0.497 e. The summed E-state index contributed by atoms with van der Waals surface area (Å²) in [6.07, 6.45) is 0.735. The topological polar surface area (TPSA) is 21.3 Å². The number of hydrogen-bond acceptors (Lipinski definition) is 2. The molecule has 0 amide bonds. The molecule has 0 bridgehead atoms. The van der Waals surface area contributed by atoms with Crippen molar-refractivity contribution in [3.05, 3.63) is 58.4 Å². The van der Waals surface area contributed by atoms with Gasteiger partial charge in [0.1, 0.15) is 11.6 Å². The van der Waals surface area contributed by atoms with Gasteiger partial charge >= 0.3 is 0 Å². The van der Waals surface area contributed by atoms with Crippen molar-refractivity contribution < 1.29 is 9.13 Å². The SMILES string of the molecule is COc1ccc(C2Cc3cc(Cl)cc(F)c3N2)cc1. The van der Waals surface area contributed by atoms with E-state index in [1.54, 1.807) is 7.11 Å². The molecule has 0 saturated heterocycles. The van der Waals surface area contributed by atoms with Gasteiger partial charge in [0.05, 0.1) is 18.8 Å². The molecule has 0 radical (unpaired) electrons. The molecule has 2 aromatic carbocycles. The van der Waals surface area contributed by atoms with Crippen LogP contribution in [-0.2, 0) is 6.42 Å². The van der Waals surface area contributed by atoms with Crippen LogP contribution in [0.3, 0.4) is 0 Å². The van der Waals surface area contributed by atoms with Gasteiger partial charge in [0.2, 0.25) is 0 Å². The fourth-order valence-electron chi connectivity index (χ4n) is 2.43. The van der Waals surface area contributed by atoms with Gasteiger partial charge in [-0.1, -0.05) is 23.7 Å². The van der Waals surface area contributed by atoms with Crippen LogP contribution in [0.15, 0.2) is 36.4 Å². The van der Waals surface area contributed by atoms with Crippen molar-refractivity contribution in [3.8, 4) is 5.75 Å². The standard InChI is InChI=1S/C15H13ClFNO/c1-19-12-4-2-9(3-5-12)14-7-10-6-11(16)8-13(17)15(10)18-14/h2-6,8,14,18H,7H2,1H3. The highest BCUT2D eigenvalue weighted by Gasteiger charge is 2.25. The molecule has 2 aromatic rings. The van der Waals surface area contributed by atoms with Gasteiger partial charge < -0.3 is 10.1 Å². The van der Waals surface area contributed by atoms with Crippen LogP contribution in [0.2, 0.25) is 5.02 Å². The van der Waals surface area contributed by atoms with E-state index in [0.717, 1.165) is 23.3 Å². The summed E-state index contributed by atoms with van der Waals surface area (Å²) >= 11 is 5.88. The van der Waals surface area contributed by atoms with Crippen LogP contribution < -0.4 is 10.1 Å². The molecule has 1 aliphatic heterocycles. The van der Waals surface area contributed by atoms with E-state index in [1.807, 2.05) is 30.3 Å². The fraction of sp³-hybridized carbons (Fsp3) is 0.200. The highest BCUT2D eigenvalue weighted by atomic mass is 35.5. The Labute approximate surface area is 116 Å². The zero-order valence-electron chi connectivity index (χ0n) is 10.4. The van der Waals surface area contributed by atoms with Gasteiger partial charge in [-0.3, -0.25) is 0 Å². The summed E-state index contributed by atoms with van der Waals surface area (Å²) in [5.74, 6) is 0.520. The van der Waals surface area contributed by atoms with Crippen molar-refractivity contribution in [1.29, 1.82) is 0 Å². The van der Waals surface area contributed by atoms with E-state index in [2.05, 4.69) is 5.32 Å². The van der Waals surface area contributed by atoms with Gasteiger partial charge in [-0.05, 0) is 41.8 Å². The average Bonchev–Trinajstić information content (AvgIpc) is 2.83. The Kier molecular flexibility index (Phi) is 3.07. The summed E-state index contributed by atoms with van der Waals surface area (Å²) in [6, 6.07) is 11.0. The monoisotopic (exact) mass is 277 g/mol. The smallest absolute Gasteiger partial charge is 0.148 e. The minimum atomic E-state index is -0.293. The van der Waals surface area contributed by atoms with E-state index in [1.165, 1.54) is 6.07 Å². The second-order valence-corrected chi connectivity index (χ2v) is 5.03. The van der Waals surface area contributed by atoms with Crippen molar-refractivity contribution >= 4 is 17.3 Å². The molecule has 1 N–H and O–H groups in total. The second-order valence-electron chi connectivity index (χ2n) is 4.60. The van der Waals surface area contributed by atoms with Crippen LogP contribution >= 0.6 is 11.6 Å². The van der Waals surface area contributed by atoms with E-state index in [-0.39, 0.29) is 11.9 Å². The third-order valence-electron chi connectivity index (χ3n) is 3.40. The quantitative estimate of drug-likeness (QED) is 0.888. The molecule has 2 nitrogen and oxygen atoms in total. The first-order valence-electron chi connectivity index (χ1n) is 6.06. The zero-order chi connectivity index (χ0) is 13.4. The van der Waals surface area contributed by atoms with Crippen molar-refractivity contribution in [2.45, 2.75) is 12.5 Å². The van der Waals surface area contributed by atoms with E-state index >= 15 is 0 Å². The number of benzene rings is 2.